The van der Waals surface area contributed by atoms with Crippen molar-refractivity contribution in [3.05, 3.63) is 23.8 Å². The summed E-state index contributed by atoms with van der Waals surface area (Å²) in [5.74, 6) is -1.14. The number of rotatable bonds is 4. The Hall–Kier alpha value is -2.29. The number of hydrogen-bond donors (Lipinski definition) is 3. The van der Waals surface area contributed by atoms with Gasteiger partial charge in [-0.3, -0.25) is 4.79 Å². The van der Waals surface area contributed by atoms with Gasteiger partial charge in [0.1, 0.15) is 5.75 Å². The van der Waals surface area contributed by atoms with Crippen LogP contribution in [-0.4, -0.2) is 35.8 Å². The van der Waals surface area contributed by atoms with Crippen LogP contribution in [0, 0.1) is 5.92 Å². The minimum absolute atomic E-state index is 0.0842. The summed E-state index contributed by atoms with van der Waals surface area (Å²) in [6.07, 6.45) is 1.48. The molecule has 6 nitrogen and oxygen atoms in total. The van der Waals surface area contributed by atoms with Gasteiger partial charge < -0.3 is 20.5 Å². The van der Waals surface area contributed by atoms with E-state index in [-0.39, 0.29) is 12.5 Å². The van der Waals surface area contributed by atoms with Gasteiger partial charge in [0.2, 0.25) is 0 Å². The first-order chi connectivity index (χ1) is 13.6. The van der Waals surface area contributed by atoms with Crippen molar-refractivity contribution < 1.29 is 32.6 Å². The highest BCUT2D eigenvalue weighted by molar-refractivity contribution is 5.95. The van der Waals surface area contributed by atoms with Gasteiger partial charge in [-0.15, -0.1) is 0 Å². The maximum atomic E-state index is 11.3. The minimum atomic E-state index is -5.08. The Labute approximate surface area is 167 Å². The number of hydrogen-bond acceptors (Lipinski definition) is 4. The zero-order valence-corrected chi connectivity index (χ0v) is 16.5. The number of alkyl halides is 3. The van der Waals surface area contributed by atoms with Gasteiger partial charge in [0.15, 0.2) is 6.61 Å². The van der Waals surface area contributed by atoms with Gasteiger partial charge in [0, 0.05) is 12.1 Å². The monoisotopic (exact) mass is 416 g/mol. The Bertz CT molecular complexity index is 716. The molecule has 0 aromatic heterocycles. The molecule has 3 N–H and O–H groups in total. The fourth-order valence-electron chi connectivity index (χ4n) is 3.55. The third kappa shape index (κ3) is 6.92. The van der Waals surface area contributed by atoms with Gasteiger partial charge in [-0.2, -0.15) is 13.2 Å². The average Bonchev–Trinajstić information content (AvgIpc) is 2.67. The van der Waals surface area contributed by atoms with Gasteiger partial charge in [-0.1, -0.05) is 19.4 Å². The van der Waals surface area contributed by atoms with Crippen LogP contribution in [0.2, 0.25) is 0 Å². The third-order valence-corrected chi connectivity index (χ3v) is 5.29. The summed E-state index contributed by atoms with van der Waals surface area (Å²) in [6, 6.07) is 6.98. The van der Waals surface area contributed by atoms with Crippen molar-refractivity contribution in [2.24, 2.45) is 5.92 Å². The number of carboxylic acids is 1. The molecular formula is C20H27F3N2O4. The minimum Gasteiger partial charge on any atom is -0.482 e. The number of carboxylic acid groups (broad SMARTS) is 1. The molecule has 1 aromatic carbocycles. The summed E-state index contributed by atoms with van der Waals surface area (Å²) in [7, 11) is 0. The van der Waals surface area contributed by atoms with E-state index in [1.165, 1.54) is 37.7 Å². The van der Waals surface area contributed by atoms with Crippen LogP contribution < -0.4 is 15.4 Å². The summed E-state index contributed by atoms with van der Waals surface area (Å²) >= 11 is 0. The highest BCUT2D eigenvalue weighted by Crippen LogP contribution is 2.32. The molecule has 1 aliphatic heterocycles. The van der Waals surface area contributed by atoms with E-state index < -0.39 is 12.1 Å². The van der Waals surface area contributed by atoms with E-state index in [1.54, 1.807) is 0 Å². The van der Waals surface area contributed by atoms with Crippen molar-refractivity contribution in [1.82, 2.24) is 5.32 Å². The van der Waals surface area contributed by atoms with Crippen LogP contribution in [-0.2, 0) is 9.59 Å². The van der Waals surface area contributed by atoms with Crippen LogP contribution in [0.1, 0.15) is 57.6 Å². The molecule has 1 aliphatic carbocycles. The van der Waals surface area contributed by atoms with Crippen molar-refractivity contribution >= 4 is 17.6 Å². The number of fused-ring (bicyclic) bond motifs is 1. The van der Waals surface area contributed by atoms with Gasteiger partial charge >= 0.3 is 12.1 Å². The lowest BCUT2D eigenvalue weighted by molar-refractivity contribution is -0.192. The van der Waals surface area contributed by atoms with Crippen LogP contribution in [0.25, 0.3) is 0 Å². The first-order valence-electron chi connectivity index (χ1n) is 9.72. The molecule has 0 radical (unpaired) electrons. The SMILES string of the molecule is CCC1CCC(NC(C)c2ccc3c(c2)OCC(=O)N3)CC1.O=C(O)C(F)(F)F. The molecule has 2 aliphatic rings. The second kappa shape index (κ2) is 9.96. The number of halogens is 3. The quantitative estimate of drug-likeness (QED) is 0.682. The standard InChI is InChI=1S/C18H26N2O2.C2HF3O2/c1-3-13-4-7-15(8-5-13)19-12(2)14-6-9-16-17(10-14)22-11-18(21)20-16;3-2(4,5)1(6)7/h6,9-10,12-13,15,19H,3-5,7-8,11H2,1-2H3,(H,20,21);(H,6,7). The number of aliphatic carboxylic acids is 1. The topological polar surface area (TPSA) is 87.7 Å². The fraction of sp³-hybridized carbons (Fsp3) is 0.600. The van der Waals surface area contributed by atoms with Gasteiger partial charge in [-0.25, -0.2) is 4.79 Å². The molecule has 1 fully saturated rings. The summed E-state index contributed by atoms with van der Waals surface area (Å²) in [5.41, 5.74) is 1.99. The van der Waals surface area contributed by atoms with E-state index in [2.05, 4.69) is 30.5 Å². The summed E-state index contributed by atoms with van der Waals surface area (Å²) in [5, 5.41) is 13.7. The number of carbonyl (C=O) groups excluding carboxylic acids is 1. The summed E-state index contributed by atoms with van der Waals surface area (Å²) < 4.78 is 37.2. The van der Waals surface area contributed by atoms with E-state index >= 15 is 0 Å². The van der Waals surface area contributed by atoms with Crippen molar-refractivity contribution in [2.75, 3.05) is 11.9 Å². The third-order valence-electron chi connectivity index (χ3n) is 5.29. The average molecular weight is 416 g/mol. The highest BCUT2D eigenvalue weighted by atomic mass is 19.4. The Kier molecular flexibility index (Phi) is 7.89. The first-order valence-corrected chi connectivity index (χ1v) is 9.72. The van der Waals surface area contributed by atoms with E-state index in [0.717, 1.165) is 17.4 Å². The van der Waals surface area contributed by atoms with Crippen molar-refractivity contribution in [2.45, 2.75) is 64.2 Å². The molecule has 1 unspecified atom stereocenters. The smallest absolute Gasteiger partial charge is 0.482 e. The molecule has 1 atom stereocenters. The van der Waals surface area contributed by atoms with Crippen molar-refractivity contribution in [3.8, 4) is 5.75 Å². The fourth-order valence-corrected chi connectivity index (χ4v) is 3.55. The van der Waals surface area contributed by atoms with Crippen LogP contribution in [0.4, 0.5) is 18.9 Å². The highest BCUT2D eigenvalue weighted by Gasteiger charge is 2.38. The zero-order chi connectivity index (χ0) is 21.6. The lowest BCUT2D eigenvalue weighted by Gasteiger charge is -2.31. The maximum Gasteiger partial charge on any atom is 0.490 e. The number of nitrogens with one attached hydrogen (secondary N) is 2. The number of anilines is 1. The molecule has 1 aromatic rings. The first kappa shape index (κ1) is 23.0. The Morgan fingerprint density at radius 2 is 1.93 bits per heavy atom. The molecule has 162 valence electrons. The number of carbonyl (C=O) groups is 2. The van der Waals surface area contributed by atoms with Crippen LogP contribution in [0.15, 0.2) is 18.2 Å². The Balaban J connectivity index is 0.000000370. The molecule has 0 spiro atoms. The Morgan fingerprint density at radius 3 is 2.48 bits per heavy atom. The second-order valence-corrected chi connectivity index (χ2v) is 7.41. The lowest BCUT2D eigenvalue weighted by atomic mass is 9.84. The van der Waals surface area contributed by atoms with E-state index in [0.29, 0.717) is 12.1 Å². The van der Waals surface area contributed by atoms with Gasteiger partial charge in [-0.05, 0) is 56.2 Å². The van der Waals surface area contributed by atoms with Crippen LogP contribution in [0.3, 0.4) is 0 Å². The molecule has 0 saturated heterocycles. The van der Waals surface area contributed by atoms with E-state index in [1.807, 2.05) is 12.1 Å². The summed E-state index contributed by atoms with van der Waals surface area (Å²) in [6.45, 7) is 4.61. The maximum absolute atomic E-state index is 11.3. The Morgan fingerprint density at radius 1 is 1.31 bits per heavy atom. The normalized spacial score (nSPS) is 22.3. The number of benzene rings is 1. The molecule has 29 heavy (non-hydrogen) atoms. The molecule has 1 heterocycles. The van der Waals surface area contributed by atoms with Crippen LogP contribution in [0.5, 0.6) is 5.75 Å². The lowest BCUT2D eigenvalue weighted by Crippen LogP contribution is -2.35. The number of ether oxygens (including phenoxy) is 1. The predicted octanol–water partition coefficient (Wildman–Crippen LogP) is 4.27. The van der Waals surface area contributed by atoms with E-state index in [4.69, 9.17) is 14.6 Å². The molecule has 1 saturated carbocycles. The van der Waals surface area contributed by atoms with Crippen molar-refractivity contribution in [1.29, 1.82) is 0 Å². The molecule has 9 heteroatoms. The number of amides is 1. The largest absolute Gasteiger partial charge is 0.490 e. The van der Waals surface area contributed by atoms with E-state index in [9.17, 15) is 18.0 Å². The van der Waals surface area contributed by atoms with Crippen molar-refractivity contribution in [3.63, 3.8) is 0 Å². The zero-order valence-electron chi connectivity index (χ0n) is 16.5. The molecule has 1 amide bonds. The molecule has 0 bridgehead atoms. The van der Waals surface area contributed by atoms with Gasteiger partial charge in [0.25, 0.3) is 5.91 Å². The predicted molar refractivity (Wildman–Crippen MR) is 102 cm³/mol. The summed E-state index contributed by atoms with van der Waals surface area (Å²) in [4.78, 5) is 20.2. The molecular weight excluding hydrogens is 389 g/mol. The van der Waals surface area contributed by atoms with Crippen LogP contribution >= 0.6 is 0 Å². The second-order valence-electron chi connectivity index (χ2n) is 7.41. The van der Waals surface area contributed by atoms with Gasteiger partial charge in [0.05, 0.1) is 5.69 Å². The molecule has 3 rings (SSSR count).